The quantitative estimate of drug-likeness (QED) is 0.458. The molecule has 0 aromatic heterocycles. The third kappa shape index (κ3) is 3.67. The van der Waals surface area contributed by atoms with Crippen LogP contribution in [0.15, 0.2) is 18.2 Å². The van der Waals surface area contributed by atoms with Gasteiger partial charge in [0, 0.05) is 24.5 Å². The van der Waals surface area contributed by atoms with Crippen molar-refractivity contribution in [3.63, 3.8) is 0 Å². The molecule has 0 saturated heterocycles. The van der Waals surface area contributed by atoms with Crippen LogP contribution in [0.25, 0.3) is 0 Å². The van der Waals surface area contributed by atoms with E-state index in [9.17, 15) is 14.9 Å². The Morgan fingerprint density at radius 2 is 2.11 bits per heavy atom. The molecule has 5 nitrogen and oxygen atoms in total. The van der Waals surface area contributed by atoms with Crippen LogP contribution in [0, 0.1) is 17.0 Å². The van der Waals surface area contributed by atoms with E-state index in [1.54, 1.807) is 24.0 Å². The van der Waals surface area contributed by atoms with Crippen LogP contribution in [0.1, 0.15) is 29.3 Å². The Balaban J connectivity index is 3.17. The third-order valence-electron chi connectivity index (χ3n) is 2.79. The SMILES string of the molecule is CCCN(CCCl)C(=O)c1cccc(C)c1[N+](=O)[O-]. The summed E-state index contributed by atoms with van der Waals surface area (Å²) in [6.45, 7) is 4.50. The Morgan fingerprint density at radius 1 is 1.42 bits per heavy atom. The third-order valence-corrected chi connectivity index (χ3v) is 2.95. The van der Waals surface area contributed by atoms with Crippen molar-refractivity contribution in [2.75, 3.05) is 19.0 Å². The number of halogens is 1. The van der Waals surface area contributed by atoms with Gasteiger partial charge in [0.1, 0.15) is 5.56 Å². The van der Waals surface area contributed by atoms with Gasteiger partial charge in [0.25, 0.3) is 11.6 Å². The Morgan fingerprint density at radius 3 is 2.63 bits per heavy atom. The number of nitro benzene ring substituents is 1. The molecule has 1 amide bonds. The number of alkyl halides is 1. The maximum absolute atomic E-state index is 12.4. The molecule has 0 saturated carbocycles. The lowest BCUT2D eigenvalue weighted by molar-refractivity contribution is -0.385. The van der Waals surface area contributed by atoms with Gasteiger partial charge in [-0.2, -0.15) is 0 Å². The molecular formula is C13H17ClN2O3. The summed E-state index contributed by atoms with van der Waals surface area (Å²) >= 11 is 5.67. The first-order valence-corrected chi connectivity index (χ1v) is 6.65. The Bertz CT molecular complexity index is 471. The number of hydrogen-bond acceptors (Lipinski definition) is 3. The standard InChI is InChI=1S/C13H17ClN2O3/c1-3-8-15(9-7-14)13(17)11-6-4-5-10(2)12(11)16(18)19/h4-6H,3,7-9H2,1-2H3. The summed E-state index contributed by atoms with van der Waals surface area (Å²) < 4.78 is 0. The van der Waals surface area contributed by atoms with Gasteiger partial charge >= 0.3 is 0 Å². The van der Waals surface area contributed by atoms with E-state index in [4.69, 9.17) is 11.6 Å². The van der Waals surface area contributed by atoms with E-state index < -0.39 is 4.92 Å². The average molecular weight is 285 g/mol. The maximum atomic E-state index is 12.4. The van der Waals surface area contributed by atoms with Crippen LogP contribution in [0.5, 0.6) is 0 Å². The van der Waals surface area contributed by atoms with Crippen molar-refractivity contribution in [3.8, 4) is 0 Å². The van der Waals surface area contributed by atoms with E-state index in [0.29, 0.717) is 24.5 Å². The van der Waals surface area contributed by atoms with E-state index in [0.717, 1.165) is 6.42 Å². The minimum absolute atomic E-state index is 0.122. The number of nitro groups is 1. The topological polar surface area (TPSA) is 63.5 Å². The molecule has 0 fully saturated rings. The van der Waals surface area contributed by atoms with Crippen molar-refractivity contribution in [3.05, 3.63) is 39.4 Å². The lowest BCUT2D eigenvalue weighted by Crippen LogP contribution is -2.34. The van der Waals surface area contributed by atoms with E-state index in [1.165, 1.54) is 6.07 Å². The smallest absolute Gasteiger partial charge is 0.285 e. The van der Waals surface area contributed by atoms with E-state index in [-0.39, 0.29) is 17.2 Å². The van der Waals surface area contributed by atoms with Crippen molar-refractivity contribution < 1.29 is 9.72 Å². The zero-order chi connectivity index (χ0) is 14.4. The van der Waals surface area contributed by atoms with Crippen LogP contribution in [0.4, 0.5) is 5.69 Å². The molecule has 19 heavy (non-hydrogen) atoms. The van der Waals surface area contributed by atoms with Gasteiger partial charge in [-0.15, -0.1) is 11.6 Å². The molecule has 0 N–H and O–H groups in total. The van der Waals surface area contributed by atoms with E-state index >= 15 is 0 Å². The summed E-state index contributed by atoms with van der Waals surface area (Å²) in [6.07, 6.45) is 0.780. The number of carbonyl (C=O) groups excluding carboxylic acids is 1. The van der Waals surface area contributed by atoms with E-state index in [1.807, 2.05) is 6.92 Å². The second-order valence-corrected chi connectivity index (χ2v) is 4.59. The van der Waals surface area contributed by atoms with Crippen LogP contribution in [0.3, 0.4) is 0 Å². The summed E-state index contributed by atoms with van der Waals surface area (Å²) in [5.41, 5.74) is 0.491. The van der Waals surface area contributed by atoms with Crippen molar-refractivity contribution >= 4 is 23.2 Å². The van der Waals surface area contributed by atoms with Crippen LogP contribution in [-0.4, -0.2) is 34.7 Å². The number of benzene rings is 1. The molecular weight excluding hydrogens is 268 g/mol. The highest BCUT2D eigenvalue weighted by atomic mass is 35.5. The van der Waals surface area contributed by atoms with Crippen LogP contribution < -0.4 is 0 Å². The largest absolute Gasteiger partial charge is 0.337 e. The normalized spacial score (nSPS) is 10.3. The fourth-order valence-corrected chi connectivity index (χ4v) is 2.14. The first kappa shape index (κ1) is 15.4. The molecule has 0 bridgehead atoms. The van der Waals surface area contributed by atoms with Gasteiger partial charge in [-0.05, 0) is 19.4 Å². The lowest BCUT2D eigenvalue weighted by atomic mass is 10.1. The summed E-state index contributed by atoms with van der Waals surface area (Å²) in [4.78, 5) is 24.5. The highest BCUT2D eigenvalue weighted by molar-refractivity contribution is 6.18. The zero-order valence-electron chi connectivity index (χ0n) is 11.1. The summed E-state index contributed by atoms with van der Waals surface area (Å²) in [5.74, 6) is -0.0244. The Kier molecular flexibility index (Phi) is 5.76. The second-order valence-electron chi connectivity index (χ2n) is 4.21. The molecule has 6 heteroatoms. The number of carbonyl (C=O) groups is 1. The second kappa shape index (κ2) is 7.09. The number of hydrogen-bond donors (Lipinski definition) is 0. The molecule has 0 atom stereocenters. The molecule has 0 aliphatic heterocycles. The molecule has 0 heterocycles. The maximum Gasteiger partial charge on any atom is 0.285 e. The summed E-state index contributed by atoms with van der Waals surface area (Å²) in [7, 11) is 0. The number of aryl methyl sites for hydroxylation is 1. The van der Waals surface area contributed by atoms with Gasteiger partial charge in [-0.1, -0.05) is 19.1 Å². The van der Waals surface area contributed by atoms with E-state index in [2.05, 4.69) is 0 Å². The summed E-state index contributed by atoms with van der Waals surface area (Å²) in [6, 6.07) is 4.77. The predicted octanol–water partition coefficient (Wildman–Crippen LogP) is 2.99. The van der Waals surface area contributed by atoms with Gasteiger partial charge in [0.2, 0.25) is 0 Å². The average Bonchev–Trinajstić information content (AvgIpc) is 2.37. The van der Waals surface area contributed by atoms with Gasteiger partial charge in [-0.3, -0.25) is 14.9 Å². The van der Waals surface area contributed by atoms with Gasteiger partial charge in [0.05, 0.1) is 4.92 Å². The van der Waals surface area contributed by atoms with Crippen molar-refractivity contribution in [2.24, 2.45) is 0 Å². The highest BCUT2D eigenvalue weighted by Gasteiger charge is 2.25. The lowest BCUT2D eigenvalue weighted by Gasteiger charge is -2.21. The molecule has 104 valence electrons. The predicted molar refractivity (Wildman–Crippen MR) is 74.7 cm³/mol. The monoisotopic (exact) mass is 284 g/mol. The van der Waals surface area contributed by atoms with Gasteiger partial charge in [0.15, 0.2) is 0 Å². The molecule has 1 aromatic carbocycles. The minimum atomic E-state index is -0.507. The molecule has 1 aromatic rings. The zero-order valence-corrected chi connectivity index (χ0v) is 11.8. The molecule has 1 rings (SSSR count). The molecule has 0 aliphatic rings. The van der Waals surface area contributed by atoms with Gasteiger partial charge < -0.3 is 4.90 Å². The first-order chi connectivity index (χ1) is 9.02. The molecule has 0 spiro atoms. The van der Waals surface area contributed by atoms with Crippen LogP contribution in [-0.2, 0) is 0 Å². The molecule has 0 radical (unpaired) electrons. The molecule has 0 aliphatic carbocycles. The van der Waals surface area contributed by atoms with Gasteiger partial charge in [-0.25, -0.2) is 0 Å². The molecule has 0 unspecified atom stereocenters. The Hall–Kier alpha value is -1.62. The minimum Gasteiger partial charge on any atom is -0.337 e. The number of amides is 1. The van der Waals surface area contributed by atoms with Crippen LogP contribution in [0.2, 0.25) is 0 Å². The fourth-order valence-electron chi connectivity index (χ4n) is 1.93. The van der Waals surface area contributed by atoms with Crippen molar-refractivity contribution in [2.45, 2.75) is 20.3 Å². The number of para-hydroxylation sites is 1. The number of rotatable bonds is 6. The highest BCUT2D eigenvalue weighted by Crippen LogP contribution is 2.24. The van der Waals surface area contributed by atoms with Crippen LogP contribution >= 0.6 is 11.6 Å². The van der Waals surface area contributed by atoms with Crippen molar-refractivity contribution in [1.29, 1.82) is 0 Å². The van der Waals surface area contributed by atoms with Crippen molar-refractivity contribution in [1.82, 2.24) is 4.90 Å². The first-order valence-electron chi connectivity index (χ1n) is 6.12. The Labute approximate surface area is 117 Å². The fraction of sp³-hybridized carbons (Fsp3) is 0.462. The summed E-state index contributed by atoms with van der Waals surface area (Å²) in [5, 5.41) is 11.1. The number of nitrogens with zero attached hydrogens (tertiary/aromatic N) is 2.